The van der Waals surface area contributed by atoms with Crippen LogP contribution < -0.4 is 5.43 Å². The number of nitrogens with one attached hydrogen (secondary N) is 1. The number of anilines is 1. The molecule has 2 N–H and O–H groups in total. The fourth-order valence-corrected chi connectivity index (χ4v) is 2.12. The molecule has 7 heteroatoms. The molecule has 0 aliphatic carbocycles. The Bertz CT molecular complexity index is 903. The molecule has 3 aromatic rings. The number of nitro benzene ring substituents is 1. The minimum absolute atomic E-state index is 0.0859. The SMILES string of the molecule is O=[N+]([O-])c1ccc(O)c(/C=N/Nc2cccc3cccnc23)c1. The molecule has 2 aromatic carbocycles. The van der Waals surface area contributed by atoms with Gasteiger partial charge in [-0.3, -0.25) is 20.5 Å². The van der Waals surface area contributed by atoms with Gasteiger partial charge in [-0.15, -0.1) is 0 Å². The molecule has 1 aromatic heterocycles. The Kier molecular flexibility index (Phi) is 3.84. The zero-order chi connectivity index (χ0) is 16.2. The minimum Gasteiger partial charge on any atom is -0.507 e. The number of hydrazone groups is 1. The summed E-state index contributed by atoms with van der Waals surface area (Å²) >= 11 is 0. The Morgan fingerprint density at radius 1 is 1.22 bits per heavy atom. The van der Waals surface area contributed by atoms with Crippen molar-refractivity contribution >= 4 is 28.5 Å². The summed E-state index contributed by atoms with van der Waals surface area (Å²) in [6.07, 6.45) is 3.01. The van der Waals surface area contributed by atoms with Crippen LogP contribution in [0.1, 0.15) is 5.56 Å². The molecule has 114 valence electrons. The van der Waals surface area contributed by atoms with Crippen LogP contribution in [0.4, 0.5) is 11.4 Å². The molecule has 23 heavy (non-hydrogen) atoms. The summed E-state index contributed by atoms with van der Waals surface area (Å²) in [6.45, 7) is 0. The molecule has 0 unspecified atom stereocenters. The fraction of sp³-hybridized carbons (Fsp3) is 0. The number of hydrogen-bond donors (Lipinski definition) is 2. The van der Waals surface area contributed by atoms with Crippen LogP contribution in [-0.2, 0) is 0 Å². The van der Waals surface area contributed by atoms with Gasteiger partial charge in [0.25, 0.3) is 5.69 Å². The number of aromatic nitrogens is 1. The highest BCUT2D eigenvalue weighted by Gasteiger charge is 2.08. The molecule has 0 bridgehead atoms. The van der Waals surface area contributed by atoms with Crippen LogP contribution in [0.2, 0.25) is 0 Å². The van der Waals surface area contributed by atoms with Gasteiger partial charge in [-0.25, -0.2) is 0 Å². The third kappa shape index (κ3) is 3.08. The number of pyridine rings is 1. The Hall–Kier alpha value is -3.48. The van der Waals surface area contributed by atoms with Crippen molar-refractivity contribution in [3.8, 4) is 5.75 Å². The summed E-state index contributed by atoms with van der Waals surface area (Å²) in [4.78, 5) is 14.5. The molecule has 0 saturated heterocycles. The van der Waals surface area contributed by atoms with Gasteiger partial charge < -0.3 is 5.11 Å². The first-order valence-electron chi connectivity index (χ1n) is 6.75. The van der Waals surface area contributed by atoms with E-state index in [-0.39, 0.29) is 17.0 Å². The van der Waals surface area contributed by atoms with E-state index in [4.69, 9.17) is 0 Å². The van der Waals surface area contributed by atoms with Gasteiger partial charge in [0.05, 0.1) is 22.3 Å². The summed E-state index contributed by atoms with van der Waals surface area (Å²) < 4.78 is 0. The molecule has 3 rings (SSSR count). The molecular formula is C16H12N4O3. The van der Waals surface area contributed by atoms with E-state index in [9.17, 15) is 15.2 Å². The molecule has 7 nitrogen and oxygen atoms in total. The molecule has 0 aliphatic rings. The molecule has 0 aliphatic heterocycles. The average molecular weight is 308 g/mol. The van der Waals surface area contributed by atoms with Crippen LogP contribution in [-0.4, -0.2) is 21.2 Å². The van der Waals surface area contributed by atoms with E-state index in [0.29, 0.717) is 5.69 Å². The van der Waals surface area contributed by atoms with E-state index in [2.05, 4.69) is 15.5 Å². The van der Waals surface area contributed by atoms with Crippen molar-refractivity contribution in [2.75, 3.05) is 5.43 Å². The van der Waals surface area contributed by atoms with Gasteiger partial charge in [-0.2, -0.15) is 5.10 Å². The zero-order valence-corrected chi connectivity index (χ0v) is 11.9. The van der Waals surface area contributed by atoms with E-state index < -0.39 is 4.92 Å². The Morgan fingerprint density at radius 2 is 2.04 bits per heavy atom. The van der Waals surface area contributed by atoms with Crippen LogP contribution in [0.3, 0.4) is 0 Å². The van der Waals surface area contributed by atoms with Crippen LogP contribution in [0.15, 0.2) is 59.8 Å². The third-order valence-electron chi connectivity index (χ3n) is 3.24. The van der Waals surface area contributed by atoms with Crippen LogP contribution >= 0.6 is 0 Å². The van der Waals surface area contributed by atoms with E-state index in [1.807, 2.05) is 30.3 Å². The lowest BCUT2D eigenvalue weighted by Crippen LogP contribution is -1.94. The van der Waals surface area contributed by atoms with E-state index >= 15 is 0 Å². The maximum Gasteiger partial charge on any atom is 0.270 e. The van der Waals surface area contributed by atoms with Crippen molar-refractivity contribution < 1.29 is 10.0 Å². The predicted molar refractivity (Wildman–Crippen MR) is 87.7 cm³/mol. The number of benzene rings is 2. The minimum atomic E-state index is -0.529. The maximum atomic E-state index is 10.8. The number of nitrogens with zero attached hydrogens (tertiary/aromatic N) is 3. The van der Waals surface area contributed by atoms with Crippen molar-refractivity contribution in [3.63, 3.8) is 0 Å². The lowest BCUT2D eigenvalue weighted by molar-refractivity contribution is -0.384. The maximum absolute atomic E-state index is 10.8. The summed E-state index contributed by atoms with van der Waals surface area (Å²) in [5, 5.41) is 25.5. The topological polar surface area (TPSA) is 101 Å². The summed E-state index contributed by atoms with van der Waals surface area (Å²) in [6, 6.07) is 13.1. The number of phenols is 1. The van der Waals surface area contributed by atoms with Crippen LogP contribution in [0.25, 0.3) is 10.9 Å². The van der Waals surface area contributed by atoms with Crippen LogP contribution in [0, 0.1) is 10.1 Å². The predicted octanol–water partition coefficient (Wildman–Crippen LogP) is 3.29. The number of hydrogen-bond acceptors (Lipinski definition) is 6. The molecule has 1 heterocycles. The molecule has 0 radical (unpaired) electrons. The molecule has 0 saturated carbocycles. The van der Waals surface area contributed by atoms with Gasteiger partial charge in [0.1, 0.15) is 5.75 Å². The van der Waals surface area contributed by atoms with Crippen molar-refractivity contribution in [2.24, 2.45) is 5.10 Å². The van der Waals surface area contributed by atoms with E-state index in [1.54, 1.807) is 6.20 Å². The van der Waals surface area contributed by atoms with E-state index in [1.165, 1.54) is 24.4 Å². The largest absolute Gasteiger partial charge is 0.507 e. The van der Waals surface area contributed by atoms with Crippen molar-refractivity contribution in [1.29, 1.82) is 0 Å². The highest BCUT2D eigenvalue weighted by Crippen LogP contribution is 2.22. The Labute approximate surface area is 131 Å². The summed E-state index contributed by atoms with van der Waals surface area (Å²) in [5.74, 6) is -0.0859. The Morgan fingerprint density at radius 3 is 2.87 bits per heavy atom. The number of nitro groups is 1. The molecule has 0 spiro atoms. The average Bonchev–Trinajstić information content (AvgIpc) is 2.56. The lowest BCUT2D eigenvalue weighted by atomic mass is 10.2. The number of non-ortho nitro benzene ring substituents is 1. The first-order chi connectivity index (χ1) is 11.1. The first kappa shape index (κ1) is 14.5. The van der Waals surface area contributed by atoms with Gasteiger partial charge in [-0.1, -0.05) is 18.2 Å². The number of aromatic hydroxyl groups is 1. The normalized spacial score (nSPS) is 11.0. The first-order valence-corrected chi connectivity index (χ1v) is 6.75. The second-order valence-corrected chi connectivity index (χ2v) is 4.75. The number of para-hydroxylation sites is 1. The monoisotopic (exact) mass is 308 g/mol. The molecule has 0 atom stereocenters. The second kappa shape index (κ2) is 6.10. The number of fused-ring (bicyclic) bond motifs is 1. The molecular weight excluding hydrogens is 296 g/mol. The van der Waals surface area contributed by atoms with Crippen molar-refractivity contribution in [3.05, 3.63) is 70.4 Å². The zero-order valence-electron chi connectivity index (χ0n) is 11.9. The number of phenolic OH excluding ortho intramolecular Hbond substituents is 1. The van der Waals surface area contributed by atoms with Gasteiger partial charge in [0.15, 0.2) is 0 Å². The van der Waals surface area contributed by atoms with Gasteiger partial charge in [0, 0.05) is 29.3 Å². The Balaban J connectivity index is 1.86. The highest BCUT2D eigenvalue weighted by molar-refractivity contribution is 5.91. The summed E-state index contributed by atoms with van der Waals surface area (Å²) in [5.41, 5.74) is 4.43. The van der Waals surface area contributed by atoms with E-state index in [0.717, 1.165) is 10.9 Å². The fourth-order valence-electron chi connectivity index (χ4n) is 2.12. The second-order valence-electron chi connectivity index (χ2n) is 4.75. The smallest absolute Gasteiger partial charge is 0.270 e. The van der Waals surface area contributed by atoms with Crippen molar-refractivity contribution in [2.45, 2.75) is 0 Å². The molecule has 0 amide bonds. The van der Waals surface area contributed by atoms with Crippen LogP contribution in [0.5, 0.6) is 5.75 Å². The van der Waals surface area contributed by atoms with Crippen molar-refractivity contribution in [1.82, 2.24) is 4.98 Å². The highest BCUT2D eigenvalue weighted by atomic mass is 16.6. The van der Waals surface area contributed by atoms with Gasteiger partial charge in [-0.05, 0) is 18.2 Å². The van der Waals surface area contributed by atoms with Gasteiger partial charge >= 0.3 is 0 Å². The standard InChI is InChI=1S/C16H12N4O3/c21-15-7-6-13(20(22)23)9-12(15)10-18-19-14-5-1-3-11-4-2-8-17-16(11)14/h1-10,19,21H/b18-10+. The molecule has 0 fully saturated rings. The quantitative estimate of drug-likeness (QED) is 0.437. The summed E-state index contributed by atoms with van der Waals surface area (Å²) in [7, 11) is 0. The third-order valence-corrected chi connectivity index (χ3v) is 3.24. The number of rotatable bonds is 4. The lowest BCUT2D eigenvalue weighted by Gasteiger charge is -2.04. The van der Waals surface area contributed by atoms with Gasteiger partial charge in [0.2, 0.25) is 0 Å².